The van der Waals surface area contributed by atoms with Gasteiger partial charge in [0.1, 0.15) is 0 Å². The van der Waals surface area contributed by atoms with E-state index in [9.17, 15) is 28.6 Å². The number of carbonyl (C=O) groups is 4. The van der Waals surface area contributed by atoms with Crippen LogP contribution >= 0.6 is 23.2 Å². The van der Waals surface area contributed by atoms with Crippen molar-refractivity contribution in [3.8, 4) is 6.07 Å². The number of aliphatic hydroxyl groups is 1. The van der Waals surface area contributed by atoms with E-state index in [1.54, 1.807) is 11.0 Å². The summed E-state index contributed by atoms with van der Waals surface area (Å²) in [5, 5.41) is 46.1. The monoisotopic (exact) mass is 837 g/mol. The van der Waals surface area contributed by atoms with Crippen LogP contribution in [0.1, 0.15) is 77.9 Å². The third kappa shape index (κ3) is 12.1. The molecule has 0 spiro atoms. The Bertz CT molecular complexity index is 2150. The Morgan fingerprint density at radius 2 is 1.56 bits per heavy atom. The van der Waals surface area contributed by atoms with Gasteiger partial charge in [0.05, 0.1) is 45.3 Å². The maximum absolute atomic E-state index is 13.8. The molecule has 0 aliphatic carbocycles. The first kappa shape index (κ1) is 44.9. The predicted molar refractivity (Wildman–Crippen MR) is 218 cm³/mol. The molecule has 0 saturated carbocycles. The molecule has 1 saturated heterocycles. The molecular formula is C42H45Cl2N3O9S. The van der Waals surface area contributed by atoms with Gasteiger partial charge < -0.3 is 30.2 Å². The summed E-state index contributed by atoms with van der Waals surface area (Å²) in [6, 6.07) is 27.3. The number of hydrogen-bond donors (Lipinski definition) is 4. The molecule has 0 aromatic heterocycles. The molecule has 0 radical (unpaired) electrons. The maximum Gasteiger partial charge on any atom is 0.336 e. The van der Waals surface area contributed by atoms with Crippen molar-refractivity contribution in [2.75, 3.05) is 39.0 Å². The Labute approximate surface area is 343 Å². The molecule has 4 N–H and O–H groups in total. The van der Waals surface area contributed by atoms with Crippen molar-refractivity contribution in [1.29, 1.82) is 5.26 Å². The van der Waals surface area contributed by atoms with E-state index >= 15 is 0 Å². The standard InChI is InChI=1S/C36H37Cl2N3O2S.C6H8O7/c1-3-44(43)35-11-7-6-10-31(35)26-14-17-41(18-15-26)19-16-29(27-12-13-33(37)34(38)22-27)24-40(2)36(42)32-21-25(23-39)20-28-8-4-5-9-30(28)32;7-3(8)1-6(13,5(11)12)2-4(9)10/h4-13,20-22,26,29H,3,14-19,24H2,1-2H3;13H,1-2H2,(H,7,8)(H,9,10)(H,11,12)/t29-,44?;/m1./s1. The number of carbonyl (C=O) groups excluding carboxylic acids is 1. The SMILES string of the molecule is CCS(=O)c1ccccc1C1CCN(CC[C@H](CN(C)C(=O)c2cc(C#N)cc3ccccc23)c2ccc(Cl)c(Cl)c2)CC1.O=C(O)CC(O)(CC(=O)O)C(=O)O. The van der Waals surface area contributed by atoms with Gasteiger partial charge in [-0.3, -0.25) is 18.6 Å². The average Bonchev–Trinajstić information content (AvgIpc) is 3.19. The van der Waals surface area contributed by atoms with Crippen LogP contribution in [-0.2, 0) is 25.2 Å². The zero-order chi connectivity index (χ0) is 41.9. The number of fused-ring (bicyclic) bond motifs is 1. The second-order valence-corrected chi connectivity index (χ2v) is 16.5. The molecule has 1 aliphatic heterocycles. The number of nitrogens with zero attached hydrogens (tertiary/aromatic N) is 3. The van der Waals surface area contributed by atoms with Gasteiger partial charge in [-0.1, -0.05) is 78.7 Å². The molecule has 1 fully saturated rings. The largest absolute Gasteiger partial charge is 0.481 e. The molecule has 0 bridgehead atoms. The van der Waals surface area contributed by atoms with Crippen LogP contribution in [0.3, 0.4) is 0 Å². The summed E-state index contributed by atoms with van der Waals surface area (Å²) in [6.45, 7) is 5.28. The van der Waals surface area contributed by atoms with E-state index in [0.29, 0.717) is 39.4 Å². The topological polar surface area (TPSA) is 197 Å². The van der Waals surface area contributed by atoms with Crippen LogP contribution in [0.25, 0.3) is 10.8 Å². The van der Waals surface area contributed by atoms with E-state index in [4.69, 9.17) is 43.6 Å². The summed E-state index contributed by atoms with van der Waals surface area (Å²) < 4.78 is 12.7. The minimum absolute atomic E-state index is 0.0366. The van der Waals surface area contributed by atoms with Gasteiger partial charge >= 0.3 is 17.9 Å². The van der Waals surface area contributed by atoms with E-state index in [2.05, 4.69) is 23.1 Å². The molecule has 1 aliphatic rings. The molecule has 2 atom stereocenters. The summed E-state index contributed by atoms with van der Waals surface area (Å²) in [5.41, 5.74) is 0.530. The minimum Gasteiger partial charge on any atom is -0.481 e. The number of amides is 1. The van der Waals surface area contributed by atoms with E-state index in [1.807, 2.05) is 74.6 Å². The van der Waals surface area contributed by atoms with Crippen LogP contribution in [0, 0.1) is 11.3 Å². The Morgan fingerprint density at radius 3 is 2.16 bits per heavy atom. The van der Waals surface area contributed by atoms with Crippen LogP contribution in [0.4, 0.5) is 0 Å². The van der Waals surface area contributed by atoms with E-state index in [1.165, 1.54) is 5.56 Å². The third-order valence-corrected chi connectivity index (χ3v) is 12.1. The highest BCUT2D eigenvalue weighted by Crippen LogP contribution is 2.34. The first-order valence-electron chi connectivity index (χ1n) is 18.3. The normalized spacial score (nSPS) is 14.5. The molecule has 12 nitrogen and oxygen atoms in total. The number of halogens is 2. The predicted octanol–water partition coefficient (Wildman–Crippen LogP) is 7.02. The van der Waals surface area contributed by atoms with Crippen molar-refractivity contribution >= 4 is 68.6 Å². The van der Waals surface area contributed by atoms with Crippen molar-refractivity contribution in [2.45, 2.75) is 61.4 Å². The summed E-state index contributed by atoms with van der Waals surface area (Å²) in [7, 11) is 0.861. The van der Waals surface area contributed by atoms with Crippen molar-refractivity contribution in [1.82, 2.24) is 9.80 Å². The van der Waals surface area contributed by atoms with Gasteiger partial charge in [-0.25, -0.2) is 4.79 Å². The lowest BCUT2D eigenvalue weighted by atomic mass is 9.88. The smallest absolute Gasteiger partial charge is 0.336 e. The second kappa shape index (κ2) is 20.5. The maximum atomic E-state index is 13.8. The lowest BCUT2D eigenvalue weighted by Crippen LogP contribution is -2.42. The number of likely N-dealkylation sites (N-methyl/N-ethyl adjacent to an activating group) is 1. The number of carboxylic acids is 3. The van der Waals surface area contributed by atoms with E-state index in [0.717, 1.165) is 60.1 Å². The Morgan fingerprint density at radius 1 is 0.930 bits per heavy atom. The fraction of sp³-hybridized carbons (Fsp3) is 0.357. The number of hydrogen-bond acceptors (Lipinski definition) is 8. The summed E-state index contributed by atoms with van der Waals surface area (Å²) in [6.07, 6.45) is 0.602. The quantitative estimate of drug-likeness (QED) is 0.0960. The molecule has 4 aromatic carbocycles. The van der Waals surface area contributed by atoms with Crippen LogP contribution in [0.2, 0.25) is 10.0 Å². The number of carboxylic acid groups (broad SMARTS) is 3. The third-order valence-electron chi connectivity index (χ3n) is 10.0. The van der Waals surface area contributed by atoms with Gasteiger partial charge in [-0.05, 0) is 97.0 Å². The summed E-state index contributed by atoms with van der Waals surface area (Å²) in [5.74, 6) is -4.06. The summed E-state index contributed by atoms with van der Waals surface area (Å²) >= 11 is 12.7. The highest BCUT2D eigenvalue weighted by molar-refractivity contribution is 7.85. The van der Waals surface area contributed by atoms with Crippen LogP contribution in [0.5, 0.6) is 0 Å². The average molecular weight is 839 g/mol. The number of likely N-dealkylation sites (tertiary alicyclic amines) is 1. The van der Waals surface area contributed by atoms with Crippen LogP contribution < -0.4 is 0 Å². The highest BCUT2D eigenvalue weighted by Gasteiger charge is 2.40. The van der Waals surface area contributed by atoms with Crippen molar-refractivity contribution < 1.29 is 43.8 Å². The van der Waals surface area contributed by atoms with Gasteiger partial charge in [-0.15, -0.1) is 0 Å². The molecule has 302 valence electrons. The van der Waals surface area contributed by atoms with Gasteiger partial charge in [0.2, 0.25) is 0 Å². The fourth-order valence-electron chi connectivity index (χ4n) is 7.00. The molecular weight excluding hydrogens is 793 g/mol. The Balaban J connectivity index is 0.000000476. The van der Waals surface area contributed by atoms with Crippen molar-refractivity contribution in [3.05, 3.63) is 111 Å². The van der Waals surface area contributed by atoms with Gasteiger partial charge in [-0.2, -0.15) is 5.26 Å². The number of nitriles is 1. The Hall–Kier alpha value is -4.84. The van der Waals surface area contributed by atoms with Crippen molar-refractivity contribution in [2.24, 2.45) is 0 Å². The van der Waals surface area contributed by atoms with E-state index < -0.39 is 47.2 Å². The van der Waals surface area contributed by atoms with E-state index in [-0.39, 0.29) is 11.8 Å². The van der Waals surface area contributed by atoms with Gasteiger partial charge in [0.25, 0.3) is 5.91 Å². The zero-order valence-electron chi connectivity index (χ0n) is 31.6. The van der Waals surface area contributed by atoms with Gasteiger partial charge in [0, 0.05) is 35.7 Å². The fourth-order valence-corrected chi connectivity index (χ4v) is 8.35. The molecule has 57 heavy (non-hydrogen) atoms. The van der Waals surface area contributed by atoms with Crippen LogP contribution in [-0.4, -0.2) is 103 Å². The first-order chi connectivity index (χ1) is 27.1. The molecule has 1 heterocycles. The first-order valence-corrected chi connectivity index (χ1v) is 20.4. The lowest BCUT2D eigenvalue weighted by molar-refractivity contribution is -0.170. The Kier molecular flexibility index (Phi) is 16.2. The molecule has 1 unspecified atom stereocenters. The van der Waals surface area contributed by atoms with Crippen LogP contribution in [0.15, 0.2) is 83.8 Å². The summed E-state index contributed by atoms with van der Waals surface area (Å²) in [4.78, 5) is 49.5. The van der Waals surface area contributed by atoms with Gasteiger partial charge in [0.15, 0.2) is 5.60 Å². The number of benzene rings is 4. The number of piperidine rings is 1. The number of rotatable bonds is 15. The second-order valence-electron chi connectivity index (χ2n) is 14.0. The minimum atomic E-state index is -2.74. The van der Waals surface area contributed by atoms with Crippen molar-refractivity contribution in [3.63, 3.8) is 0 Å². The zero-order valence-corrected chi connectivity index (χ0v) is 33.9. The molecule has 15 heteroatoms. The molecule has 1 amide bonds. The molecule has 4 aromatic rings. The lowest BCUT2D eigenvalue weighted by Gasteiger charge is -2.34. The molecule has 5 rings (SSSR count). The highest BCUT2D eigenvalue weighted by atomic mass is 35.5. The number of aliphatic carboxylic acids is 3.